The summed E-state index contributed by atoms with van der Waals surface area (Å²) in [6.07, 6.45) is 0.871. The average molecular weight is 318 g/mol. The molecule has 1 unspecified atom stereocenters. The van der Waals surface area contributed by atoms with Crippen molar-refractivity contribution >= 4 is 34.9 Å². The molecule has 1 atom stereocenters. The van der Waals surface area contributed by atoms with Crippen LogP contribution in [0, 0.1) is 0 Å². The third-order valence-electron chi connectivity index (χ3n) is 2.92. The SMILES string of the molecule is N/C(=N\O)c1cc(Cl)c(OC2CCC(=O)NC2)cc1Cl. The first kappa shape index (κ1) is 14.7. The van der Waals surface area contributed by atoms with E-state index in [9.17, 15) is 4.79 Å². The molecule has 1 aromatic carbocycles. The van der Waals surface area contributed by atoms with Crippen molar-refractivity contribution in [2.45, 2.75) is 18.9 Å². The predicted octanol–water partition coefficient (Wildman–Crippen LogP) is 1.75. The molecular formula is C12H13Cl2N3O3. The second-order valence-electron chi connectivity index (χ2n) is 4.33. The van der Waals surface area contributed by atoms with E-state index < -0.39 is 0 Å². The number of nitrogens with zero attached hydrogens (tertiary/aromatic N) is 1. The number of hydrogen-bond donors (Lipinski definition) is 3. The summed E-state index contributed by atoms with van der Waals surface area (Å²) in [5, 5.41) is 14.8. The van der Waals surface area contributed by atoms with E-state index in [2.05, 4.69) is 10.5 Å². The summed E-state index contributed by atoms with van der Waals surface area (Å²) in [5.41, 5.74) is 5.80. The molecule has 0 bridgehead atoms. The van der Waals surface area contributed by atoms with Crippen LogP contribution in [0.15, 0.2) is 17.3 Å². The molecule has 0 aliphatic carbocycles. The molecule has 2 rings (SSSR count). The van der Waals surface area contributed by atoms with Gasteiger partial charge in [-0.2, -0.15) is 0 Å². The lowest BCUT2D eigenvalue weighted by atomic mass is 10.1. The molecule has 1 heterocycles. The van der Waals surface area contributed by atoms with Gasteiger partial charge in [-0.25, -0.2) is 0 Å². The summed E-state index contributed by atoms with van der Waals surface area (Å²) in [5.74, 6) is 0.275. The number of amidine groups is 1. The van der Waals surface area contributed by atoms with Gasteiger partial charge in [-0.15, -0.1) is 0 Å². The van der Waals surface area contributed by atoms with Gasteiger partial charge in [0.15, 0.2) is 5.84 Å². The van der Waals surface area contributed by atoms with Gasteiger partial charge in [0.2, 0.25) is 5.91 Å². The Hall–Kier alpha value is -1.66. The normalized spacial score (nSPS) is 19.6. The molecule has 8 heteroatoms. The highest BCUT2D eigenvalue weighted by Gasteiger charge is 2.21. The highest BCUT2D eigenvalue weighted by Crippen LogP contribution is 2.32. The highest BCUT2D eigenvalue weighted by atomic mass is 35.5. The summed E-state index contributed by atoms with van der Waals surface area (Å²) in [6.45, 7) is 0.425. The van der Waals surface area contributed by atoms with Crippen LogP contribution in [0.5, 0.6) is 5.75 Å². The Bertz CT molecular complexity index is 553. The number of carbonyl (C=O) groups is 1. The molecular weight excluding hydrogens is 305 g/mol. The largest absolute Gasteiger partial charge is 0.487 e. The lowest BCUT2D eigenvalue weighted by Crippen LogP contribution is -2.40. The van der Waals surface area contributed by atoms with Crippen LogP contribution >= 0.6 is 23.2 Å². The number of ether oxygens (including phenoxy) is 1. The van der Waals surface area contributed by atoms with Crippen molar-refractivity contribution in [3.05, 3.63) is 27.7 Å². The van der Waals surface area contributed by atoms with Gasteiger partial charge < -0.3 is 21.0 Å². The summed E-state index contributed by atoms with van der Waals surface area (Å²) < 4.78 is 5.71. The fourth-order valence-electron chi connectivity index (χ4n) is 1.86. The van der Waals surface area contributed by atoms with E-state index >= 15 is 0 Å². The molecule has 0 aromatic heterocycles. The van der Waals surface area contributed by atoms with Crippen molar-refractivity contribution in [2.24, 2.45) is 10.9 Å². The van der Waals surface area contributed by atoms with E-state index in [4.69, 9.17) is 38.9 Å². The molecule has 4 N–H and O–H groups in total. The van der Waals surface area contributed by atoms with Gasteiger partial charge in [-0.1, -0.05) is 28.4 Å². The van der Waals surface area contributed by atoms with Crippen molar-refractivity contribution < 1.29 is 14.7 Å². The highest BCUT2D eigenvalue weighted by molar-refractivity contribution is 6.36. The zero-order valence-corrected chi connectivity index (χ0v) is 11.9. The van der Waals surface area contributed by atoms with Crippen molar-refractivity contribution in [1.82, 2.24) is 5.32 Å². The fraction of sp³-hybridized carbons (Fsp3) is 0.333. The number of nitrogens with one attached hydrogen (secondary N) is 1. The lowest BCUT2D eigenvalue weighted by molar-refractivity contribution is -0.123. The van der Waals surface area contributed by atoms with Gasteiger partial charge in [-0.05, 0) is 12.5 Å². The first-order valence-corrected chi connectivity index (χ1v) is 6.67. The zero-order valence-electron chi connectivity index (χ0n) is 10.4. The van der Waals surface area contributed by atoms with Crippen molar-refractivity contribution in [3.63, 3.8) is 0 Å². The van der Waals surface area contributed by atoms with E-state index in [0.717, 1.165) is 0 Å². The quantitative estimate of drug-likeness (QED) is 0.342. The molecule has 1 aromatic rings. The molecule has 20 heavy (non-hydrogen) atoms. The third kappa shape index (κ3) is 3.26. The Morgan fingerprint density at radius 2 is 2.20 bits per heavy atom. The van der Waals surface area contributed by atoms with Gasteiger partial charge in [0.25, 0.3) is 0 Å². The van der Waals surface area contributed by atoms with Gasteiger partial charge in [0.1, 0.15) is 11.9 Å². The maximum Gasteiger partial charge on any atom is 0.220 e. The zero-order chi connectivity index (χ0) is 14.7. The molecule has 0 spiro atoms. The second kappa shape index (κ2) is 6.19. The van der Waals surface area contributed by atoms with E-state index in [0.29, 0.717) is 35.7 Å². The summed E-state index contributed by atoms with van der Waals surface area (Å²) >= 11 is 12.1. The number of rotatable bonds is 3. The fourth-order valence-corrected chi connectivity index (χ4v) is 2.32. The van der Waals surface area contributed by atoms with Crippen molar-refractivity contribution in [3.8, 4) is 5.75 Å². The van der Waals surface area contributed by atoms with Gasteiger partial charge in [0, 0.05) is 18.1 Å². The number of amides is 1. The number of benzene rings is 1. The Morgan fingerprint density at radius 3 is 2.80 bits per heavy atom. The van der Waals surface area contributed by atoms with E-state index in [1.165, 1.54) is 12.1 Å². The average Bonchev–Trinajstić information content (AvgIpc) is 2.44. The molecule has 1 aliphatic rings. The number of oxime groups is 1. The first-order valence-electron chi connectivity index (χ1n) is 5.91. The lowest BCUT2D eigenvalue weighted by Gasteiger charge is -2.24. The minimum Gasteiger partial charge on any atom is -0.487 e. The maximum absolute atomic E-state index is 11.1. The van der Waals surface area contributed by atoms with Crippen LogP contribution in [0.3, 0.4) is 0 Å². The Labute approximate surface area is 125 Å². The van der Waals surface area contributed by atoms with Crippen molar-refractivity contribution in [2.75, 3.05) is 6.54 Å². The van der Waals surface area contributed by atoms with Gasteiger partial charge in [0.05, 0.1) is 16.6 Å². The topological polar surface area (TPSA) is 96.9 Å². The van der Waals surface area contributed by atoms with Crippen LogP contribution in [0.1, 0.15) is 18.4 Å². The molecule has 1 amide bonds. The minimum absolute atomic E-state index is 0.0104. The number of hydrogen-bond acceptors (Lipinski definition) is 4. The molecule has 1 fully saturated rings. The van der Waals surface area contributed by atoms with Gasteiger partial charge >= 0.3 is 0 Å². The first-order chi connectivity index (χ1) is 9.51. The maximum atomic E-state index is 11.1. The monoisotopic (exact) mass is 317 g/mol. The van der Waals surface area contributed by atoms with Crippen LogP contribution in [-0.2, 0) is 4.79 Å². The number of halogens is 2. The van der Waals surface area contributed by atoms with E-state index in [1.807, 2.05) is 0 Å². The Kier molecular flexibility index (Phi) is 4.57. The second-order valence-corrected chi connectivity index (χ2v) is 5.14. The molecule has 0 saturated carbocycles. The Morgan fingerprint density at radius 1 is 1.45 bits per heavy atom. The molecule has 0 radical (unpaired) electrons. The molecule has 6 nitrogen and oxygen atoms in total. The predicted molar refractivity (Wildman–Crippen MR) is 75.6 cm³/mol. The minimum atomic E-state index is -0.157. The van der Waals surface area contributed by atoms with Crippen LogP contribution in [0.4, 0.5) is 0 Å². The standard InChI is InChI=1S/C12H13Cl2N3O3/c13-8-4-10(9(14)3-7(8)12(15)17-19)20-6-1-2-11(18)16-5-6/h3-4,6,19H,1-2,5H2,(H2,15,17)(H,16,18). The smallest absolute Gasteiger partial charge is 0.220 e. The van der Waals surface area contributed by atoms with Crippen LogP contribution in [0.25, 0.3) is 0 Å². The number of carbonyl (C=O) groups excluding carboxylic acids is 1. The molecule has 1 aliphatic heterocycles. The summed E-state index contributed by atoms with van der Waals surface area (Å²) in [4.78, 5) is 11.1. The molecule has 108 valence electrons. The number of nitrogens with two attached hydrogens (primary N) is 1. The summed E-state index contributed by atoms with van der Waals surface area (Å²) in [7, 11) is 0. The third-order valence-corrected chi connectivity index (χ3v) is 3.53. The van der Waals surface area contributed by atoms with Crippen LogP contribution in [-0.4, -0.2) is 29.6 Å². The van der Waals surface area contributed by atoms with Crippen LogP contribution < -0.4 is 15.8 Å². The van der Waals surface area contributed by atoms with E-state index in [-0.39, 0.29) is 22.9 Å². The Balaban J connectivity index is 2.17. The number of piperidine rings is 1. The van der Waals surface area contributed by atoms with Gasteiger partial charge in [-0.3, -0.25) is 4.79 Å². The molecule has 1 saturated heterocycles. The van der Waals surface area contributed by atoms with Crippen LogP contribution in [0.2, 0.25) is 10.0 Å². The summed E-state index contributed by atoms with van der Waals surface area (Å²) in [6, 6.07) is 2.98. The van der Waals surface area contributed by atoms with E-state index in [1.54, 1.807) is 0 Å². The van der Waals surface area contributed by atoms with Crippen molar-refractivity contribution in [1.29, 1.82) is 0 Å².